The van der Waals surface area contributed by atoms with Crippen molar-refractivity contribution in [2.75, 3.05) is 47.3 Å². The second kappa shape index (κ2) is 11.8. The summed E-state index contributed by atoms with van der Waals surface area (Å²) in [5.41, 5.74) is 0.959. The van der Waals surface area contributed by atoms with Crippen molar-refractivity contribution in [1.82, 2.24) is 15.5 Å². The van der Waals surface area contributed by atoms with Crippen molar-refractivity contribution < 1.29 is 33.3 Å². The molecule has 1 atom stereocenters. The second-order valence-electron chi connectivity index (χ2n) is 8.66. The van der Waals surface area contributed by atoms with E-state index in [2.05, 4.69) is 10.6 Å². The zero-order valence-corrected chi connectivity index (χ0v) is 20.5. The lowest BCUT2D eigenvalue weighted by Crippen LogP contribution is -2.54. The third-order valence-electron chi connectivity index (χ3n) is 6.44. The molecule has 192 valence electrons. The minimum absolute atomic E-state index is 0.0680. The zero-order valence-electron chi connectivity index (χ0n) is 20.5. The van der Waals surface area contributed by atoms with Gasteiger partial charge in [-0.2, -0.15) is 0 Å². The number of carbonyl (C=O) groups excluding carboxylic acids is 3. The number of piperidine rings is 1. The van der Waals surface area contributed by atoms with Gasteiger partial charge >= 0.3 is 0 Å². The number of hydrogen-bond donors (Lipinski definition) is 2. The summed E-state index contributed by atoms with van der Waals surface area (Å²) in [6, 6.07) is 11.2. The molecule has 2 aromatic carbocycles. The van der Waals surface area contributed by atoms with Crippen molar-refractivity contribution in [3.05, 3.63) is 53.6 Å². The molecule has 2 N–H and O–H groups in total. The van der Waals surface area contributed by atoms with Crippen molar-refractivity contribution in [3.8, 4) is 17.2 Å². The van der Waals surface area contributed by atoms with Crippen molar-refractivity contribution >= 4 is 17.7 Å². The fourth-order valence-electron chi connectivity index (χ4n) is 4.40. The molecule has 0 aromatic heterocycles. The predicted molar refractivity (Wildman–Crippen MR) is 130 cm³/mol. The normalized spacial score (nSPS) is 15.8. The average molecular weight is 498 g/mol. The Labute approximate surface area is 209 Å². The first-order valence-corrected chi connectivity index (χ1v) is 11.9. The van der Waals surface area contributed by atoms with Crippen molar-refractivity contribution in [1.29, 1.82) is 0 Å². The highest BCUT2D eigenvalue weighted by atomic mass is 16.7. The van der Waals surface area contributed by atoms with Crippen LogP contribution in [0.4, 0.5) is 0 Å². The van der Waals surface area contributed by atoms with E-state index in [1.807, 2.05) is 0 Å². The summed E-state index contributed by atoms with van der Waals surface area (Å²) >= 11 is 0. The molecule has 1 fully saturated rings. The minimum atomic E-state index is -0.752. The minimum Gasteiger partial charge on any atom is -0.497 e. The van der Waals surface area contributed by atoms with Crippen LogP contribution in [0.1, 0.15) is 33.6 Å². The molecule has 4 rings (SSSR count). The zero-order chi connectivity index (χ0) is 25.5. The number of amides is 3. The maximum atomic E-state index is 13.1. The molecule has 2 aromatic rings. The first-order valence-electron chi connectivity index (χ1n) is 11.9. The molecule has 2 heterocycles. The molecule has 1 unspecified atom stereocenters. The van der Waals surface area contributed by atoms with Crippen LogP contribution in [0.25, 0.3) is 0 Å². The summed E-state index contributed by atoms with van der Waals surface area (Å²) in [6.07, 6.45) is 1.15. The molecule has 0 radical (unpaired) electrons. The number of rotatable bonds is 9. The molecule has 0 saturated carbocycles. The Morgan fingerprint density at radius 2 is 1.69 bits per heavy atom. The molecule has 36 heavy (non-hydrogen) atoms. The largest absolute Gasteiger partial charge is 0.497 e. The van der Waals surface area contributed by atoms with Crippen LogP contribution >= 0.6 is 0 Å². The van der Waals surface area contributed by atoms with Gasteiger partial charge in [0.05, 0.1) is 13.7 Å². The molecular formula is C26H31N3O7. The highest BCUT2D eigenvalue weighted by molar-refractivity contribution is 5.98. The number of carbonyl (C=O) groups is 3. The number of methoxy groups -OCH3 is 2. The van der Waals surface area contributed by atoms with Gasteiger partial charge < -0.3 is 34.5 Å². The first kappa shape index (κ1) is 25.3. The summed E-state index contributed by atoms with van der Waals surface area (Å²) in [5, 5.41) is 5.74. The fourth-order valence-corrected chi connectivity index (χ4v) is 4.40. The second-order valence-corrected chi connectivity index (χ2v) is 8.66. The van der Waals surface area contributed by atoms with Crippen LogP contribution in [0.15, 0.2) is 42.5 Å². The number of ether oxygens (including phenoxy) is 4. The van der Waals surface area contributed by atoms with Crippen LogP contribution in [-0.2, 0) is 9.53 Å². The quantitative estimate of drug-likeness (QED) is 0.508. The van der Waals surface area contributed by atoms with E-state index in [-0.39, 0.29) is 30.4 Å². The highest BCUT2D eigenvalue weighted by Gasteiger charge is 2.34. The maximum Gasteiger partial charge on any atom is 0.253 e. The summed E-state index contributed by atoms with van der Waals surface area (Å²) in [7, 11) is 3.13. The number of hydrogen-bond acceptors (Lipinski definition) is 7. The monoisotopic (exact) mass is 497 g/mol. The van der Waals surface area contributed by atoms with Gasteiger partial charge in [0.1, 0.15) is 11.8 Å². The van der Waals surface area contributed by atoms with Gasteiger partial charge in [-0.1, -0.05) is 0 Å². The van der Waals surface area contributed by atoms with Gasteiger partial charge in [0.2, 0.25) is 12.7 Å². The van der Waals surface area contributed by atoms with Crippen molar-refractivity contribution in [2.24, 2.45) is 5.92 Å². The third kappa shape index (κ3) is 5.88. The molecule has 0 bridgehead atoms. The number of nitrogens with zero attached hydrogens (tertiary/aromatic N) is 1. The molecule has 2 aliphatic heterocycles. The SMILES string of the molecule is COCCNC(=O)C(NC(=O)c1ccc2c(c1)OCO2)C1CCN(C(=O)c2ccc(OC)cc2)CC1. The van der Waals surface area contributed by atoms with E-state index in [0.717, 1.165) is 0 Å². The van der Waals surface area contributed by atoms with E-state index >= 15 is 0 Å². The van der Waals surface area contributed by atoms with E-state index in [1.54, 1.807) is 61.6 Å². The van der Waals surface area contributed by atoms with Crippen LogP contribution < -0.4 is 24.8 Å². The Kier molecular flexibility index (Phi) is 8.27. The number of likely N-dealkylation sites (tertiary alicyclic amines) is 1. The van der Waals surface area contributed by atoms with Crippen molar-refractivity contribution in [3.63, 3.8) is 0 Å². The molecule has 10 heteroatoms. The van der Waals surface area contributed by atoms with Crippen LogP contribution in [-0.4, -0.2) is 75.9 Å². The third-order valence-corrected chi connectivity index (χ3v) is 6.44. The van der Waals surface area contributed by atoms with Gasteiger partial charge in [-0.3, -0.25) is 14.4 Å². The van der Waals surface area contributed by atoms with Gasteiger partial charge in [-0.25, -0.2) is 0 Å². The Bertz CT molecular complexity index is 1080. The topological polar surface area (TPSA) is 115 Å². The average Bonchev–Trinajstić information content (AvgIpc) is 3.39. The Balaban J connectivity index is 1.42. The molecule has 0 aliphatic carbocycles. The van der Waals surface area contributed by atoms with Gasteiger partial charge in [-0.05, 0) is 61.2 Å². The lowest BCUT2D eigenvalue weighted by atomic mass is 9.88. The predicted octanol–water partition coefficient (Wildman–Crippen LogP) is 1.84. The lowest BCUT2D eigenvalue weighted by Gasteiger charge is -2.36. The summed E-state index contributed by atoms with van der Waals surface area (Å²) in [4.78, 5) is 40.8. The Morgan fingerprint density at radius 1 is 1.00 bits per heavy atom. The van der Waals surface area contributed by atoms with E-state index < -0.39 is 6.04 Å². The summed E-state index contributed by atoms with van der Waals surface area (Å²) in [6.45, 7) is 1.78. The van der Waals surface area contributed by atoms with Crippen LogP contribution in [0.3, 0.4) is 0 Å². The number of benzene rings is 2. The molecule has 3 amide bonds. The van der Waals surface area contributed by atoms with Crippen LogP contribution in [0.5, 0.6) is 17.2 Å². The standard InChI is InChI=1S/C26H31N3O7/c1-33-14-11-27-25(31)23(28-24(30)19-5-8-21-22(15-19)36-16-35-21)17-9-12-29(13-10-17)26(32)18-3-6-20(34-2)7-4-18/h3-8,15,17,23H,9-14,16H2,1-2H3,(H,27,31)(H,28,30). The number of fused-ring (bicyclic) bond motifs is 1. The first-order chi connectivity index (χ1) is 17.5. The van der Waals surface area contributed by atoms with Gasteiger partial charge in [0.25, 0.3) is 11.8 Å². The molecule has 10 nitrogen and oxygen atoms in total. The highest BCUT2D eigenvalue weighted by Crippen LogP contribution is 2.32. The lowest BCUT2D eigenvalue weighted by molar-refractivity contribution is -0.124. The van der Waals surface area contributed by atoms with E-state index in [1.165, 1.54) is 0 Å². The van der Waals surface area contributed by atoms with Crippen LogP contribution in [0, 0.1) is 5.92 Å². The summed E-state index contributed by atoms with van der Waals surface area (Å²) in [5.74, 6) is 0.902. The van der Waals surface area contributed by atoms with Crippen molar-refractivity contribution in [2.45, 2.75) is 18.9 Å². The van der Waals surface area contributed by atoms with E-state index in [4.69, 9.17) is 18.9 Å². The maximum absolute atomic E-state index is 13.1. The molecule has 0 spiro atoms. The van der Waals surface area contributed by atoms with E-state index in [0.29, 0.717) is 67.5 Å². The molecule has 2 aliphatic rings. The molecule has 1 saturated heterocycles. The summed E-state index contributed by atoms with van der Waals surface area (Å²) < 4.78 is 20.9. The fraction of sp³-hybridized carbons (Fsp3) is 0.423. The Hall–Kier alpha value is -3.79. The smallest absolute Gasteiger partial charge is 0.253 e. The Morgan fingerprint density at radius 3 is 2.39 bits per heavy atom. The van der Waals surface area contributed by atoms with Gasteiger partial charge in [0, 0.05) is 37.9 Å². The van der Waals surface area contributed by atoms with E-state index in [9.17, 15) is 14.4 Å². The van der Waals surface area contributed by atoms with Gasteiger partial charge in [-0.15, -0.1) is 0 Å². The van der Waals surface area contributed by atoms with Crippen LogP contribution in [0.2, 0.25) is 0 Å². The number of nitrogens with one attached hydrogen (secondary N) is 2. The van der Waals surface area contributed by atoms with Gasteiger partial charge in [0.15, 0.2) is 11.5 Å². The molecular weight excluding hydrogens is 466 g/mol.